The summed E-state index contributed by atoms with van der Waals surface area (Å²) in [4.78, 5) is 11.0. The lowest BCUT2D eigenvalue weighted by Crippen LogP contribution is -1.98. The molecule has 0 aromatic heterocycles. The van der Waals surface area contributed by atoms with Gasteiger partial charge in [0.15, 0.2) is 0 Å². The number of aromatic carboxylic acids is 1. The minimum Gasteiger partial charge on any atom is -0.489 e. The second-order valence-corrected chi connectivity index (χ2v) is 6.10. The molecule has 0 aliphatic heterocycles. The van der Waals surface area contributed by atoms with Gasteiger partial charge in [0.25, 0.3) is 0 Å². The Kier molecular flexibility index (Phi) is 5.84. The Morgan fingerprint density at radius 2 is 1.81 bits per heavy atom. The number of carboxylic acid groups (broad SMARTS) is 1. The number of rotatable bonds is 7. The van der Waals surface area contributed by atoms with Gasteiger partial charge in [-0.05, 0) is 60.5 Å². The second kappa shape index (κ2) is 8.67. The molecule has 3 aromatic carbocycles. The molecular weight excluding hydrogens is 340 g/mol. The van der Waals surface area contributed by atoms with Crippen LogP contribution in [0.4, 0.5) is 5.69 Å². The monoisotopic (exact) mass is 360 g/mol. The van der Waals surface area contributed by atoms with E-state index in [0.717, 1.165) is 16.9 Å². The number of carboxylic acids is 1. The molecule has 3 rings (SSSR count). The number of aryl methyl sites for hydroxylation is 1. The van der Waals surface area contributed by atoms with Crippen molar-refractivity contribution in [1.29, 1.82) is 0 Å². The topological polar surface area (TPSA) is 70.9 Å². The zero-order valence-electron chi connectivity index (χ0n) is 14.9. The number of hydrazone groups is 1. The highest BCUT2D eigenvalue weighted by molar-refractivity contribution is 5.88. The number of hydrogen-bond donors (Lipinski definition) is 2. The van der Waals surface area contributed by atoms with Crippen LogP contribution in [0, 0.1) is 6.92 Å². The standard InChI is InChI=1S/C22H20N2O3/c1-16-5-7-18(8-6-16)15-27-21-11-9-17(10-12-21)14-23-24-20-4-2-3-19(13-20)22(25)26/h2-14,24H,15H2,1H3,(H,25,26). The van der Waals surface area contributed by atoms with Crippen molar-refractivity contribution < 1.29 is 14.6 Å². The Morgan fingerprint density at radius 3 is 2.52 bits per heavy atom. The first kappa shape index (κ1) is 18.2. The summed E-state index contributed by atoms with van der Waals surface area (Å²) < 4.78 is 5.78. The fourth-order valence-electron chi connectivity index (χ4n) is 2.40. The number of carbonyl (C=O) groups is 1. The van der Waals surface area contributed by atoms with Crippen LogP contribution < -0.4 is 10.2 Å². The van der Waals surface area contributed by atoms with Gasteiger partial charge in [-0.25, -0.2) is 4.79 Å². The Morgan fingerprint density at radius 1 is 1.07 bits per heavy atom. The van der Waals surface area contributed by atoms with Gasteiger partial charge < -0.3 is 9.84 Å². The first-order valence-corrected chi connectivity index (χ1v) is 8.51. The van der Waals surface area contributed by atoms with Crippen molar-refractivity contribution in [2.75, 3.05) is 5.43 Å². The molecule has 0 amide bonds. The molecule has 0 aliphatic rings. The van der Waals surface area contributed by atoms with E-state index in [1.165, 1.54) is 17.7 Å². The van der Waals surface area contributed by atoms with Gasteiger partial charge in [-0.15, -0.1) is 0 Å². The molecule has 0 saturated heterocycles. The molecular formula is C22H20N2O3. The summed E-state index contributed by atoms with van der Waals surface area (Å²) in [6, 6.07) is 22.3. The van der Waals surface area contributed by atoms with E-state index < -0.39 is 5.97 Å². The third kappa shape index (κ3) is 5.44. The molecule has 0 unspecified atom stereocenters. The number of hydrogen-bond acceptors (Lipinski definition) is 4. The minimum atomic E-state index is -0.969. The van der Waals surface area contributed by atoms with Crippen molar-refractivity contribution in [2.24, 2.45) is 5.10 Å². The van der Waals surface area contributed by atoms with Crippen molar-refractivity contribution in [1.82, 2.24) is 0 Å². The number of ether oxygens (including phenoxy) is 1. The van der Waals surface area contributed by atoms with Crippen LogP contribution in [-0.4, -0.2) is 17.3 Å². The lowest BCUT2D eigenvalue weighted by atomic mass is 10.2. The molecule has 0 bridgehead atoms. The van der Waals surface area contributed by atoms with Crippen molar-refractivity contribution in [3.63, 3.8) is 0 Å². The second-order valence-electron chi connectivity index (χ2n) is 6.10. The number of nitrogens with one attached hydrogen (secondary N) is 1. The summed E-state index contributed by atoms with van der Waals surface area (Å²) in [6.07, 6.45) is 1.66. The van der Waals surface area contributed by atoms with Crippen molar-refractivity contribution in [3.05, 3.63) is 95.1 Å². The number of anilines is 1. The third-order valence-electron chi connectivity index (χ3n) is 3.92. The van der Waals surface area contributed by atoms with Gasteiger partial charge in [0.1, 0.15) is 12.4 Å². The van der Waals surface area contributed by atoms with Crippen molar-refractivity contribution >= 4 is 17.9 Å². The first-order chi connectivity index (χ1) is 13.1. The normalized spacial score (nSPS) is 10.7. The zero-order chi connectivity index (χ0) is 19.1. The van der Waals surface area contributed by atoms with E-state index >= 15 is 0 Å². The molecule has 136 valence electrons. The molecule has 0 radical (unpaired) electrons. The van der Waals surface area contributed by atoms with Crippen LogP contribution in [0.15, 0.2) is 77.9 Å². The highest BCUT2D eigenvalue weighted by Gasteiger charge is 2.02. The molecule has 0 heterocycles. The fourth-order valence-corrected chi connectivity index (χ4v) is 2.40. The van der Waals surface area contributed by atoms with E-state index in [1.807, 2.05) is 24.3 Å². The van der Waals surface area contributed by atoms with Gasteiger partial charge in [-0.3, -0.25) is 5.43 Å². The predicted octanol–water partition coefficient (Wildman–Crippen LogP) is 4.72. The minimum absolute atomic E-state index is 0.213. The Balaban J connectivity index is 1.54. The van der Waals surface area contributed by atoms with Crippen LogP contribution >= 0.6 is 0 Å². The van der Waals surface area contributed by atoms with E-state index in [-0.39, 0.29) is 5.56 Å². The van der Waals surface area contributed by atoms with Crippen LogP contribution in [0.1, 0.15) is 27.0 Å². The molecule has 0 spiro atoms. The van der Waals surface area contributed by atoms with Gasteiger partial charge in [-0.2, -0.15) is 5.10 Å². The molecule has 0 aliphatic carbocycles. The molecule has 5 nitrogen and oxygen atoms in total. The molecule has 0 fully saturated rings. The summed E-state index contributed by atoms with van der Waals surface area (Å²) in [6.45, 7) is 2.58. The molecule has 0 saturated carbocycles. The summed E-state index contributed by atoms with van der Waals surface area (Å²) in [5.74, 6) is -0.182. The number of nitrogens with zero attached hydrogens (tertiary/aromatic N) is 1. The van der Waals surface area contributed by atoms with E-state index in [1.54, 1.807) is 18.3 Å². The maximum absolute atomic E-state index is 11.0. The predicted molar refractivity (Wildman–Crippen MR) is 107 cm³/mol. The van der Waals surface area contributed by atoms with Gasteiger partial charge in [0.2, 0.25) is 0 Å². The van der Waals surface area contributed by atoms with Crippen molar-refractivity contribution in [3.8, 4) is 5.75 Å². The lowest BCUT2D eigenvalue weighted by molar-refractivity contribution is 0.0697. The van der Waals surface area contributed by atoms with E-state index in [0.29, 0.717) is 12.3 Å². The van der Waals surface area contributed by atoms with Crippen LogP contribution in [-0.2, 0) is 6.61 Å². The largest absolute Gasteiger partial charge is 0.489 e. The van der Waals surface area contributed by atoms with Gasteiger partial charge in [-0.1, -0.05) is 35.9 Å². The van der Waals surface area contributed by atoms with Gasteiger partial charge in [0, 0.05) is 0 Å². The maximum Gasteiger partial charge on any atom is 0.335 e. The van der Waals surface area contributed by atoms with Crippen LogP contribution in [0.5, 0.6) is 5.75 Å². The number of benzene rings is 3. The highest BCUT2D eigenvalue weighted by atomic mass is 16.5. The molecule has 0 atom stereocenters. The fraction of sp³-hybridized carbons (Fsp3) is 0.0909. The quantitative estimate of drug-likeness (QED) is 0.472. The SMILES string of the molecule is Cc1ccc(COc2ccc(C=NNc3cccc(C(=O)O)c3)cc2)cc1. The summed E-state index contributed by atoms with van der Waals surface area (Å²) in [7, 11) is 0. The zero-order valence-corrected chi connectivity index (χ0v) is 14.9. The molecule has 5 heteroatoms. The van der Waals surface area contributed by atoms with E-state index in [9.17, 15) is 4.79 Å². The van der Waals surface area contributed by atoms with Crippen molar-refractivity contribution in [2.45, 2.75) is 13.5 Å². The van der Waals surface area contributed by atoms with Gasteiger partial charge >= 0.3 is 5.97 Å². The Labute approximate surface area is 157 Å². The van der Waals surface area contributed by atoms with E-state index in [4.69, 9.17) is 9.84 Å². The molecule has 3 aromatic rings. The molecule has 27 heavy (non-hydrogen) atoms. The third-order valence-corrected chi connectivity index (χ3v) is 3.92. The summed E-state index contributed by atoms with van der Waals surface area (Å²) in [5, 5.41) is 13.1. The summed E-state index contributed by atoms with van der Waals surface area (Å²) >= 11 is 0. The van der Waals surface area contributed by atoms with Crippen LogP contribution in [0.25, 0.3) is 0 Å². The highest BCUT2D eigenvalue weighted by Crippen LogP contribution is 2.14. The van der Waals surface area contributed by atoms with E-state index in [2.05, 4.69) is 41.7 Å². The smallest absolute Gasteiger partial charge is 0.335 e. The maximum atomic E-state index is 11.0. The Bertz CT molecular complexity index is 933. The molecule has 2 N–H and O–H groups in total. The average molecular weight is 360 g/mol. The first-order valence-electron chi connectivity index (χ1n) is 8.51. The van der Waals surface area contributed by atoms with Gasteiger partial charge in [0.05, 0.1) is 17.5 Å². The Hall–Kier alpha value is -3.60. The summed E-state index contributed by atoms with van der Waals surface area (Å²) in [5.41, 5.74) is 6.91. The lowest BCUT2D eigenvalue weighted by Gasteiger charge is -2.07. The van der Waals surface area contributed by atoms with Crippen LogP contribution in [0.2, 0.25) is 0 Å². The van der Waals surface area contributed by atoms with Crippen LogP contribution in [0.3, 0.4) is 0 Å². The average Bonchev–Trinajstić information content (AvgIpc) is 2.69.